The molecule has 0 saturated carbocycles. The van der Waals surface area contributed by atoms with Crippen LogP contribution in [0.1, 0.15) is 23.6 Å². The molecular formula is C20H23NO3. The van der Waals surface area contributed by atoms with Crippen LogP contribution in [0.15, 0.2) is 42.5 Å². The van der Waals surface area contributed by atoms with Crippen LogP contribution in [0.3, 0.4) is 0 Å². The van der Waals surface area contributed by atoms with Gasteiger partial charge in [-0.05, 0) is 42.2 Å². The van der Waals surface area contributed by atoms with Crippen LogP contribution in [-0.2, 0) is 24.2 Å². The Balaban J connectivity index is 1.82. The number of methoxy groups -OCH3 is 2. The number of hydrogen-bond acceptors (Lipinski definition) is 3. The van der Waals surface area contributed by atoms with Crippen molar-refractivity contribution in [3.05, 3.63) is 59.2 Å². The minimum Gasteiger partial charge on any atom is -0.493 e. The molecule has 2 aromatic rings. The lowest BCUT2D eigenvalue weighted by molar-refractivity contribution is -0.133. The SMILES string of the molecule is COc1cc2c(cc1OC)CN(C(=O)Cc1ccccc1)C(C)C2. The maximum absolute atomic E-state index is 12.7. The second kappa shape index (κ2) is 6.95. The molecule has 1 amide bonds. The highest BCUT2D eigenvalue weighted by molar-refractivity contribution is 5.79. The number of rotatable bonds is 4. The van der Waals surface area contributed by atoms with E-state index in [1.54, 1.807) is 14.2 Å². The van der Waals surface area contributed by atoms with Crippen molar-refractivity contribution in [3.8, 4) is 11.5 Å². The minimum atomic E-state index is 0.161. The topological polar surface area (TPSA) is 38.8 Å². The molecular weight excluding hydrogens is 302 g/mol. The van der Waals surface area contributed by atoms with Crippen LogP contribution in [0, 0.1) is 0 Å². The Kier molecular flexibility index (Phi) is 4.74. The van der Waals surface area contributed by atoms with Gasteiger partial charge in [-0.2, -0.15) is 0 Å². The lowest BCUT2D eigenvalue weighted by Crippen LogP contribution is -2.43. The highest BCUT2D eigenvalue weighted by Crippen LogP contribution is 2.34. The molecule has 0 spiro atoms. The van der Waals surface area contributed by atoms with E-state index in [4.69, 9.17) is 9.47 Å². The van der Waals surface area contributed by atoms with Crippen molar-refractivity contribution >= 4 is 5.91 Å². The summed E-state index contributed by atoms with van der Waals surface area (Å²) in [6.07, 6.45) is 1.27. The van der Waals surface area contributed by atoms with Gasteiger partial charge in [0.2, 0.25) is 5.91 Å². The van der Waals surface area contributed by atoms with Gasteiger partial charge in [-0.15, -0.1) is 0 Å². The molecule has 1 unspecified atom stereocenters. The highest BCUT2D eigenvalue weighted by atomic mass is 16.5. The molecule has 0 N–H and O–H groups in total. The highest BCUT2D eigenvalue weighted by Gasteiger charge is 2.28. The van der Waals surface area contributed by atoms with Gasteiger partial charge >= 0.3 is 0 Å². The molecule has 4 nitrogen and oxygen atoms in total. The fourth-order valence-corrected chi connectivity index (χ4v) is 3.27. The van der Waals surface area contributed by atoms with E-state index >= 15 is 0 Å². The number of ether oxygens (including phenoxy) is 2. The zero-order valence-electron chi connectivity index (χ0n) is 14.4. The lowest BCUT2D eigenvalue weighted by Gasteiger charge is -2.35. The van der Waals surface area contributed by atoms with Crippen LogP contribution < -0.4 is 9.47 Å². The summed E-state index contributed by atoms with van der Waals surface area (Å²) in [6.45, 7) is 2.71. The van der Waals surface area contributed by atoms with Crippen molar-refractivity contribution in [2.24, 2.45) is 0 Å². The van der Waals surface area contributed by atoms with E-state index in [0.29, 0.717) is 18.7 Å². The average molecular weight is 325 g/mol. The van der Waals surface area contributed by atoms with Gasteiger partial charge in [0.1, 0.15) is 0 Å². The normalized spacial score (nSPS) is 16.5. The van der Waals surface area contributed by atoms with Gasteiger partial charge in [0.15, 0.2) is 11.5 Å². The molecule has 0 bridgehead atoms. The second-order valence-electron chi connectivity index (χ2n) is 6.21. The minimum absolute atomic E-state index is 0.161. The van der Waals surface area contributed by atoms with Gasteiger partial charge in [0, 0.05) is 12.6 Å². The van der Waals surface area contributed by atoms with Crippen LogP contribution in [0.5, 0.6) is 11.5 Å². The monoisotopic (exact) mass is 325 g/mol. The summed E-state index contributed by atoms with van der Waals surface area (Å²) < 4.78 is 10.8. The van der Waals surface area contributed by atoms with Gasteiger partial charge in [-0.1, -0.05) is 30.3 Å². The van der Waals surface area contributed by atoms with E-state index in [-0.39, 0.29) is 11.9 Å². The predicted octanol–water partition coefficient (Wildman–Crippen LogP) is 3.22. The number of amides is 1. The second-order valence-corrected chi connectivity index (χ2v) is 6.21. The third kappa shape index (κ3) is 3.23. The van der Waals surface area contributed by atoms with E-state index in [2.05, 4.69) is 6.92 Å². The zero-order valence-corrected chi connectivity index (χ0v) is 14.4. The molecule has 0 aliphatic carbocycles. The van der Waals surface area contributed by atoms with Crippen LogP contribution >= 0.6 is 0 Å². The molecule has 1 atom stereocenters. The largest absolute Gasteiger partial charge is 0.493 e. The first-order valence-electron chi connectivity index (χ1n) is 8.19. The van der Waals surface area contributed by atoms with Crippen LogP contribution in [0.2, 0.25) is 0 Å². The van der Waals surface area contributed by atoms with E-state index in [9.17, 15) is 4.79 Å². The Labute approximate surface area is 143 Å². The van der Waals surface area contributed by atoms with Crippen molar-refractivity contribution in [2.75, 3.05) is 14.2 Å². The van der Waals surface area contributed by atoms with Crippen molar-refractivity contribution in [1.82, 2.24) is 4.90 Å². The van der Waals surface area contributed by atoms with Crippen molar-refractivity contribution in [3.63, 3.8) is 0 Å². The summed E-state index contributed by atoms with van der Waals surface area (Å²) in [4.78, 5) is 14.7. The average Bonchev–Trinajstić information content (AvgIpc) is 2.60. The van der Waals surface area contributed by atoms with Gasteiger partial charge < -0.3 is 14.4 Å². The molecule has 1 aliphatic heterocycles. The Hall–Kier alpha value is -2.49. The van der Waals surface area contributed by atoms with E-state index < -0.39 is 0 Å². The number of benzene rings is 2. The molecule has 0 fully saturated rings. The van der Waals surface area contributed by atoms with Crippen LogP contribution in [0.25, 0.3) is 0 Å². The van der Waals surface area contributed by atoms with E-state index in [1.165, 1.54) is 5.56 Å². The first-order chi connectivity index (χ1) is 11.6. The summed E-state index contributed by atoms with van der Waals surface area (Å²) in [7, 11) is 3.28. The molecule has 1 aliphatic rings. The predicted molar refractivity (Wildman–Crippen MR) is 93.4 cm³/mol. The molecule has 0 radical (unpaired) electrons. The first-order valence-corrected chi connectivity index (χ1v) is 8.19. The number of carbonyl (C=O) groups excluding carboxylic acids is 1. The van der Waals surface area contributed by atoms with Gasteiger partial charge in [0.25, 0.3) is 0 Å². The molecule has 2 aromatic carbocycles. The smallest absolute Gasteiger partial charge is 0.227 e. The van der Waals surface area contributed by atoms with E-state index in [0.717, 1.165) is 23.3 Å². The number of nitrogens with zero attached hydrogens (tertiary/aromatic N) is 1. The fourth-order valence-electron chi connectivity index (χ4n) is 3.27. The number of fused-ring (bicyclic) bond motifs is 1. The lowest BCUT2D eigenvalue weighted by atomic mass is 9.93. The quantitative estimate of drug-likeness (QED) is 0.866. The third-order valence-corrected chi connectivity index (χ3v) is 4.61. The van der Waals surface area contributed by atoms with Gasteiger partial charge in [-0.25, -0.2) is 0 Å². The molecule has 0 saturated heterocycles. The summed E-state index contributed by atoms with van der Waals surface area (Å²) in [5, 5.41) is 0. The van der Waals surface area contributed by atoms with Crippen molar-refractivity contribution in [2.45, 2.75) is 32.4 Å². The molecule has 3 rings (SSSR count). The first kappa shape index (κ1) is 16.4. The summed E-state index contributed by atoms with van der Waals surface area (Å²) in [6, 6.07) is 14.1. The zero-order chi connectivity index (χ0) is 17.1. The van der Waals surface area contributed by atoms with Crippen LogP contribution in [0.4, 0.5) is 0 Å². The van der Waals surface area contributed by atoms with Crippen molar-refractivity contribution in [1.29, 1.82) is 0 Å². The number of hydrogen-bond donors (Lipinski definition) is 0. The fraction of sp³-hybridized carbons (Fsp3) is 0.350. The Bertz CT molecular complexity index is 727. The standard InChI is InChI=1S/C20H23NO3/c1-14-9-16-11-18(23-2)19(24-3)12-17(16)13-21(14)20(22)10-15-7-5-4-6-8-15/h4-8,11-12,14H,9-10,13H2,1-3H3. The summed E-state index contributed by atoms with van der Waals surface area (Å²) in [5.41, 5.74) is 3.41. The Morgan fingerprint density at radius 2 is 1.71 bits per heavy atom. The molecule has 4 heteroatoms. The van der Waals surface area contributed by atoms with E-state index in [1.807, 2.05) is 47.4 Å². The van der Waals surface area contributed by atoms with Crippen molar-refractivity contribution < 1.29 is 14.3 Å². The number of carbonyl (C=O) groups is 1. The van der Waals surface area contributed by atoms with Gasteiger partial charge in [-0.3, -0.25) is 4.79 Å². The molecule has 24 heavy (non-hydrogen) atoms. The molecule has 1 heterocycles. The molecule has 0 aromatic heterocycles. The maximum Gasteiger partial charge on any atom is 0.227 e. The van der Waals surface area contributed by atoms with Gasteiger partial charge in [0.05, 0.1) is 20.6 Å². The molecule has 126 valence electrons. The Morgan fingerprint density at radius 3 is 2.33 bits per heavy atom. The third-order valence-electron chi connectivity index (χ3n) is 4.61. The maximum atomic E-state index is 12.7. The summed E-state index contributed by atoms with van der Waals surface area (Å²) >= 11 is 0. The summed E-state index contributed by atoms with van der Waals surface area (Å²) in [5.74, 6) is 1.61. The Morgan fingerprint density at radius 1 is 1.08 bits per heavy atom. The van der Waals surface area contributed by atoms with Crippen LogP contribution in [-0.4, -0.2) is 31.1 Å².